The zero-order chi connectivity index (χ0) is 14.3. The van der Waals surface area contributed by atoms with Crippen LogP contribution in [0.4, 0.5) is 5.69 Å². The van der Waals surface area contributed by atoms with Crippen molar-refractivity contribution in [3.05, 3.63) is 34.5 Å². The van der Waals surface area contributed by atoms with Crippen molar-refractivity contribution in [3.8, 4) is 0 Å². The SMILES string of the molecule is O=[N+]([O-])c1ccc2c(cnn2C2CC(O)C(CO)O2)c1. The van der Waals surface area contributed by atoms with E-state index < -0.39 is 23.4 Å². The van der Waals surface area contributed by atoms with E-state index in [0.717, 1.165) is 0 Å². The monoisotopic (exact) mass is 279 g/mol. The van der Waals surface area contributed by atoms with E-state index in [1.54, 1.807) is 10.7 Å². The van der Waals surface area contributed by atoms with Gasteiger partial charge in [-0.25, -0.2) is 4.68 Å². The van der Waals surface area contributed by atoms with Crippen LogP contribution in [0.5, 0.6) is 0 Å². The third kappa shape index (κ3) is 2.03. The number of hydrogen-bond donors (Lipinski definition) is 2. The first-order valence-corrected chi connectivity index (χ1v) is 6.16. The molecule has 0 radical (unpaired) electrons. The highest BCUT2D eigenvalue weighted by Crippen LogP contribution is 2.31. The van der Waals surface area contributed by atoms with Gasteiger partial charge in [-0.2, -0.15) is 5.10 Å². The van der Waals surface area contributed by atoms with Gasteiger partial charge in [-0.1, -0.05) is 0 Å². The molecule has 106 valence electrons. The maximum atomic E-state index is 10.7. The zero-order valence-electron chi connectivity index (χ0n) is 10.4. The molecule has 2 heterocycles. The van der Waals surface area contributed by atoms with E-state index in [9.17, 15) is 15.2 Å². The Hall–Kier alpha value is -2.03. The van der Waals surface area contributed by atoms with Crippen LogP contribution in [0.1, 0.15) is 12.6 Å². The van der Waals surface area contributed by atoms with Gasteiger partial charge in [0.1, 0.15) is 6.10 Å². The molecule has 1 saturated heterocycles. The van der Waals surface area contributed by atoms with Crippen molar-refractivity contribution < 1.29 is 19.9 Å². The quantitative estimate of drug-likeness (QED) is 0.628. The molecule has 0 aliphatic carbocycles. The van der Waals surface area contributed by atoms with Gasteiger partial charge in [-0.15, -0.1) is 0 Å². The van der Waals surface area contributed by atoms with Gasteiger partial charge in [0.15, 0.2) is 6.23 Å². The van der Waals surface area contributed by atoms with Crippen LogP contribution in [0.2, 0.25) is 0 Å². The summed E-state index contributed by atoms with van der Waals surface area (Å²) in [5.41, 5.74) is 0.684. The number of aromatic nitrogens is 2. The van der Waals surface area contributed by atoms with Crippen molar-refractivity contribution in [2.24, 2.45) is 0 Å². The maximum absolute atomic E-state index is 10.7. The van der Waals surface area contributed by atoms with E-state index in [4.69, 9.17) is 9.84 Å². The molecular formula is C12H13N3O5. The Balaban J connectivity index is 1.95. The summed E-state index contributed by atoms with van der Waals surface area (Å²) in [5.74, 6) is 0. The maximum Gasteiger partial charge on any atom is 0.270 e. The molecule has 0 spiro atoms. The molecule has 3 unspecified atom stereocenters. The summed E-state index contributed by atoms with van der Waals surface area (Å²) in [7, 11) is 0. The molecule has 8 nitrogen and oxygen atoms in total. The van der Waals surface area contributed by atoms with Crippen LogP contribution in [-0.4, -0.2) is 43.7 Å². The number of aliphatic hydroxyl groups is 2. The number of nitro benzene ring substituents is 1. The highest BCUT2D eigenvalue weighted by Gasteiger charge is 2.35. The van der Waals surface area contributed by atoms with Crippen molar-refractivity contribution in [1.82, 2.24) is 9.78 Å². The summed E-state index contributed by atoms with van der Waals surface area (Å²) in [4.78, 5) is 10.3. The van der Waals surface area contributed by atoms with Crippen LogP contribution in [0, 0.1) is 10.1 Å². The molecule has 3 rings (SSSR count). The van der Waals surface area contributed by atoms with Crippen molar-refractivity contribution in [3.63, 3.8) is 0 Å². The highest BCUT2D eigenvalue weighted by molar-refractivity contribution is 5.81. The van der Waals surface area contributed by atoms with E-state index >= 15 is 0 Å². The van der Waals surface area contributed by atoms with Crippen LogP contribution in [0.3, 0.4) is 0 Å². The average molecular weight is 279 g/mol. The number of nitrogens with zero attached hydrogens (tertiary/aromatic N) is 3. The number of hydrogen-bond acceptors (Lipinski definition) is 6. The van der Waals surface area contributed by atoms with Crippen molar-refractivity contribution in [2.75, 3.05) is 6.61 Å². The van der Waals surface area contributed by atoms with Gasteiger partial charge >= 0.3 is 0 Å². The second-order valence-corrected chi connectivity index (χ2v) is 4.70. The molecule has 3 atom stereocenters. The molecule has 8 heteroatoms. The molecule has 20 heavy (non-hydrogen) atoms. The smallest absolute Gasteiger partial charge is 0.270 e. The summed E-state index contributed by atoms with van der Waals surface area (Å²) in [6.07, 6.45) is -0.0238. The standard InChI is InChI=1S/C12H13N3O5/c16-6-11-10(17)4-12(20-11)14-9-2-1-8(15(18)19)3-7(9)5-13-14/h1-3,5,10-12,16-17H,4,6H2. The summed E-state index contributed by atoms with van der Waals surface area (Å²) in [6, 6.07) is 4.44. The second-order valence-electron chi connectivity index (χ2n) is 4.70. The van der Waals surface area contributed by atoms with Gasteiger partial charge in [0.2, 0.25) is 0 Å². The lowest BCUT2D eigenvalue weighted by molar-refractivity contribution is -0.384. The summed E-state index contributed by atoms with van der Waals surface area (Å²) < 4.78 is 7.09. The minimum Gasteiger partial charge on any atom is -0.394 e. The molecule has 1 aliphatic rings. The Labute approximate surface area is 113 Å². The first-order chi connectivity index (χ1) is 9.60. The van der Waals surface area contributed by atoms with Crippen molar-refractivity contribution in [1.29, 1.82) is 0 Å². The normalized spacial score (nSPS) is 26.2. The van der Waals surface area contributed by atoms with Gasteiger partial charge in [0.05, 0.1) is 29.3 Å². The van der Waals surface area contributed by atoms with E-state index in [2.05, 4.69) is 5.10 Å². The van der Waals surface area contributed by atoms with Crippen LogP contribution >= 0.6 is 0 Å². The summed E-state index contributed by atoms with van der Waals surface area (Å²) in [5, 5.41) is 34.3. The molecule has 2 aromatic rings. The molecule has 1 aliphatic heterocycles. The van der Waals surface area contributed by atoms with Gasteiger partial charge in [0.25, 0.3) is 5.69 Å². The van der Waals surface area contributed by atoms with Gasteiger partial charge in [-0.3, -0.25) is 10.1 Å². The Morgan fingerprint density at radius 1 is 1.55 bits per heavy atom. The third-order valence-corrected chi connectivity index (χ3v) is 3.45. The lowest BCUT2D eigenvalue weighted by Crippen LogP contribution is -2.24. The van der Waals surface area contributed by atoms with Crippen LogP contribution < -0.4 is 0 Å². The average Bonchev–Trinajstić information content (AvgIpc) is 3.00. The van der Waals surface area contributed by atoms with E-state index in [1.165, 1.54) is 18.3 Å². The molecule has 0 saturated carbocycles. The molecule has 1 aromatic heterocycles. The molecule has 1 fully saturated rings. The van der Waals surface area contributed by atoms with Crippen molar-refractivity contribution in [2.45, 2.75) is 24.9 Å². The highest BCUT2D eigenvalue weighted by atomic mass is 16.6. The topological polar surface area (TPSA) is 111 Å². The van der Waals surface area contributed by atoms with E-state index in [1.807, 2.05) is 0 Å². The lowest BCUT2D eigenvalue weighted by Gasteiger charge is -2.13. The third-order valence-electron chi connectivity index (χ3n) is 3.45. The summed E-state index contributed by atoms with van der Waals surface area (Å²) >= 11 is 0. The van der Waals surface area contributed by atoms with E-state index in [0.29, 0.717) is 17.3 Å². The fourth-order valence-electron chi connectivity index (χ4n) is 2.41. The number of nitro groups is 1. The molecular weight excluding hydrogens is 266 g/mol. The number of fused-ring (bicyclic) bond motifs is 1. The van der Waals surface area contributed by atoms with Gasteiger partial charge < -0.3 is 14.9 Å². The number of aliphatic hydroxyl groups excluding tert-OH is 2. The zero-order valence-corrected chi connectivity index (χ0v) is 10.4. The number of rotatable bonds is 3. The number of benzene rings is 1. The number of non-ortho nitro benzene ring substituents is 1. The lowest BCUT2D eigenvalue weighted by atomic mass is 10.2. The Bertz CT molecular complexity index is 656. The van der Waals surface area contributed by atoms with Gasteiger partial charge in [-0.05, 0) is 6.07 Å². The molecule has 0 bridgehead atoms. The molecule has 1 aromatic carbocycles. The first kappa shape index (κ1) is 13.0. The Morgan fingerprint density at radius 2 is 2.35 bits per heavy atom. The minimum absolute atomic E-state index is 0.00217. The van der Waals surface area contributed by atoms with Gasteiger partial charge in [0, 0.05) is 23.9 Å². The second kappa shape index (κ2) is 4.82. The largest absolute Gasteiger partial charge is 0.394 e. The van der Waals surface area contributed by atoms with Crippen LogP contribution in [0.25, 0.3) is 10.9 Å². The Kier molecular flexibility index (Phi) is 3.13. The fourth-order valence-corrected chi connectivity index (χ4v) is 2.41. The minimum atomic E-state index is -0.748. The fraction of sp³-hybridized carbons (Fsp3) is 0.417. The van der Waals surface area contributed by atoms with Crippen molar-refractivity contribution >= 4 is 16.6 Å². The first-order valence-electron chi connectivity index (χ1n) is 6.16. The number of ether oxygens (including phenoxy) is 1. The predicted molar refractivity (Wildman–Crippen MR) is 68.0 cm³/mol. The molecule has 2 N–H and O–H groups in total. The van der Waals surface area contributed by atoms with Crippen LogP contribution in [-0.2, 0) is 4.74 Å². The Morgan fingerprint density at radius 3 is 3.00 bits per heavy atom. The van der Waals surface area contributed by atoms with E-state index in [-0.39, 0.29) is 12.3 Å². The predicted octanol–water partition coefficient (Wildman–Crippen LogP) is 0.585. The summed E-state index contributed by atoms with van der Waals surface area (Å²) in [6.45, 7) is -0.262. The molecule has 0 amide bonds. The van der Waals surface area contributed by atoms with Crippen LogP contribution in [0.15, 0.2) is 24.4 Å².